The Morgan fingerprint density at radius 2 is 1.10 bits per heavy atom. The topological polar surface area (TPSA) is 126 Å². The van der Waals surface area contributed by atoms with Crippen LogP contribution in [0.2, 0.25) is 0 Å². The summed E-state index contributed by atoms with van der Waals surface area (Å²) < 4.78 is 25.9. The third-order valence-electron chi connectivity index (χ3n) is 3.68. The quantitative estimate of drug-likeness (QED) is 0.636. The second-order valence-corrected chi connectivity index (χ2v) is 8.36. The van der Waals surface area contributed by atoms with Crippen LogP contribution in [0.5, 0.6) is 0 Å². The highest BCUT2D eigenvalue weighted by Crippen LogP contribution is 2.25. The van der Waals surface area contributed by atoms with E-state index in [1.54, 1.807) is 0 Å². The Balaban J connectivity index is 2.27. The fourth-order valence-corrected chi connectivity index (χ4v) is 3.83. The van der Waals surface area contributed by atoms with Crippen LogP contribution in [0, 0.1) is 0 Å². The predicted octanol–water partition coefficient (Wildman–Crippen LogP) is 2.35. The van der Waals surface area contributed by atoms with E-state index in [1.165, 1.54) is 62.4 Å². The highest BCUT2D eigenvalue weighted by Gasteiger charge is 2.19. The van der Waals surface area contributed by atoms with Crippen molar-refractivity contribution in [2.75, 3.05) is 10.6 Å². The van der Waals surface area contributed by atoms with E-state index in [9.17, 15) is 27.6 Å². The summed E-state index contributed by atoms with van der Waals surface area (Å²) in [5.74, 6) is -1.70. The molecule has 0 saturated heterocycles. The largest absolute Gasteiger partial charge is 0.326 e. The van der Waals surface area contributed by atoms with Crippen LogP contribution in [0.1, 0.15) is 26.7 Å². The van der Waals surface area contributed by atoms with Crippen LogP contribution in [0.15, 0.2) is 58.3 Å². The van der Waals surface area contributed by atoms with Crippen molar-refractivity contribution in [3.63, 3.8) is 0 Å². The van der Waals surface area contributed by atoms with Gasteiger partial charge in [-0.3, -0.25) is 19.2 Å². The Morgan fingerprint density at radius 3 is 1.45 bits per heavy atom. The molecule has 0 atom stereocenters. The molecule has 9 heteroatoms. The van der Waals surface area contributed by atoms with Gasteiger partial charge in [-0.2, -0.15) is 0 Å². The van der Waals surface area contributed by atoms with Gasteiger partial charge in [0.15, 0.2) is 0 Å². The van der Waals surface area contributed by atoms with Gasteiger partial charge in [0.1, 0.15) is 11.6 Å². The van der Waals surface area contributed by atoms with E-state index in [4.69, 9.17) is 0 Å². The number of carbonyl (C=O) groups excluding carboxylic acids is 4. The second kappa shape index (κ2) is 9.24. The first-order valence-corrected chi connectivity index (χ1v) is 10.1. The maximum atomic E-state index is 12.9. The van der Waals surface area contributed by atoms with Gasteiger partial charge in [0.05, 0.1) is 22.6 Å². The van der Waals surface area contributed by atoms with Gasteiger partial charge in [0.2, 0.25) is 21.7 Å². The summed E-state index contributed by atoms with van der Waals surface area (Å²) in [6.45, 7) is 2.56. The molecule has 0 bridgehead atoms. The minimum Gasteiger partial charge on any atom is -0.326 e. The number of rotatable bonds is 8. The number of sulfone groups is 1. The molecule has 0 saturated carbocycles. The average Bonchev–Trinajstić information content (AvgIpc) is 2.60. The van der Waals surface area contributed by atoms with Crippen LogP contribution in [0.4, 0.5) is 11.4 Å². The van der Waals surface area contributed by atoms with E-state index < -0.39 is 21.7 Å². The molecule has 152 valence electrons. The van der Waals surface area contributed by atoms with Crippen molar-refractivity contribution in [1.82, 2.24) is 0 Å². The number of carbonyl (C=O) groups is 4. The number of hydrogen-bond donors (Lipinski definition) is 2. The number of hydrogen-bond acceptors (Lipinski definition) is 6. The van der Waals surface area contributed by atoms with E-state index in [2.05, 4.69) is 10.6 Å². The number of Topliss-reactive ketones (excluding diaryl/α,β-unsaturated/α-hetero) is 2. The average molecular weight is 416 g/mol. The van der Waals surface area contributed by atoms with Crippen LogP contribution in [-0.2, 0) is 29.0 Å². The maximum Gasteiger partial charge on any atom is 0.231 e. The first kappa shape index (κ1) is 22.0. The van der Waals surface area contributed by atoms with Gasteiger partial charge in [0.25, 0.3) is 0 Å². The standard InChI is InChI=1S/C20H20N2O6S/c1-13(23)9-19(25)21-15-5-3-7-17(11-15)29(27,28)18-8-4-6-16(12-18)22-20(26)10-14(2)24/h3-8,11-12H,9-10H2,1-2H3,(H,21,25)(H,22,26). The molecule has 0 radical (unpaired) electrons. The monoisotopic (exact) mass is 416 g/mol. The lowest BCUT2D eigenvalue weighted by Gasteiger charge is -2.10. The van der Waals surface area contributed by atoms with Gasteiger partial charge >= 0.3 is 0 Å². The van der Waals surface area contributed by atoms with Gasteiger partial charge in [-0.15, -0.1) is 0 Å². The second-order valence-electron chi connectivity index (χ2n) is 6.41. The Labute approximate surface area is 168 Å². The smallest absolute Gasteiger partial charge is 0.231 e. The van der Waals surface area contributed by atoms with Gasteiger partial charge < -0.3 is 10.6 Å². The number of benzene rings is 2. The number of amides is 2. The molecule has 0 aromatic heterocycles. The molecular weight excluding hydrogens is 396 g/mol. The molecule has 0 fully saturated rings. The summed E-state index contributed by atoms with van der Waals surface area (Å²) in [5, 5.41) is 4.96. The zero-order valence-corrected chi connectivity index (χ0v) is 16.7. The Morgan fingerprint density at radius 1 is 0.724 bits per heavy atom. The summed E-state index contributed by atoms with van der Waals surface area (Å²) in [5.41, 5.74) is 0.478. The Hall–Kier alpha value is -3.33. The molecule has 0 aliphatic carbocycles. The summed E-state index contributed by atoms with van der Waals surface area (Å²) in [7, 11) is -3.94. The third kappa shape index (κ3) is 6.35. The fraction of sp³-hybridized carbons (Fsp3) is 0.200. The summed E-state index contributed by atoms with van der Waals surface area (Å²) in [6, 6.07) is 11.3. The minimum atomic E-state index is -3.94. The normalized spacial score (nSPS) is 10.8. The Bertz CT molecular complexity index is 996. The van der Waals surface area contributed by atoms with E-state index in [-0.39, 0.29) is 45.6 Å². The SMILES string of the molecule is CC(=O)CC(=O)Nc1cccc(S(=O)(=O)c2cccc(NC(=O)CC(C)=O)c2)c1. The van der Waals surface area contributed by atoms with E-state index in [0.29, 0.717) is 0 Å². The maximum absolute atomic E-state index is 12.9. The summed E-state index contributed by atoms with van der Waals surface area (Å²) in [4.78, 5) is 45.4. The number of anilines is 2. The molecule has 29 heavy (non-hydrogen) atoms. The lowest BCUT2D eigenvalue weighted by molar-refractivity contribution is -0.125. The van der Waals surface area contributed by atoms with Crippen molar-refractivity contribution in [1.29, 1.82) is 0 Å². The van der Waals surface area contributed by atoms with Crippen molar-refractivity contribution >= 4 is 44.6 Å². The molecule has 2 rings (SSSR count). The molecule has 2 aromatic carbocycles. The van der Waals surface area contributed by atoms with Crippen LogP contribution in [0.25, 0.3) is 0 Å². The lowest BCUT2D eigenvalue weighted by atomic mass is 10.2. The zero-order valence-electron chi connectivity index (χ0n) is 15.9. The molecule has 8 nitrogen and oxygen atoms in total. The molecule has 0 heterocycles. The van der Waals surface area contributed by atoms with E-state index in [0.717, 1.165) is 0 Å². The zero-order chi connectivity index (χ0) is 21.6. The van der Waals surface area contributed by atoms with Gasteiger partial charge in [-0.25, -0.2) is 8.42 Å². The van der Waals surface area contributed by atoms with Gasteiger partial charge in [-0.05, 0) is 50.2 Å². The highest BCUT2D eigenvalue weighted by atomic mass is 32.2. The van der Waals surface area contributed by atoms with Crippen molar-refractivity contribution in [2.45, 2.75) is 36.5 Å². The van der Waals surface area contributed by atoms with Crippen LogP contribution < -0.4 is 10.6 Å². The van der Waals surface area contributed by atoms with E-state index >= 15 is 0 Å². The predicted molar refractivity (Wildman–Crippen MR) is 106 cm³/mol. The summed E-state index contributed by atoms with van der Waals surface area (Å²) >= 11 is 0. The van der Waals surface area contributed by atoms with Crippen LogP contribution >= 0.6 is 0 Å². The first-order valence-electron chi connectivity index (χ1n) is 8.62. The van der Waals surface area contributed by atoms with Gasteiger partial charge in [0, 0.05) is 11.4 Å². The number of nitrogens with one attached hydrogen (secondary N) is 2. The number of ketones is 2. The molecule has 0 aliphatic heterocycles. The molecule has 0 unspecified atom stereocenters. The lowest BCUT2D eigenvalue weighted by Crippen LogP contribution is -2.15. The summed E-state index contributed by atoms with van der Waals surface area (Å²) in [6.07, 6.45) is -0.613. The third-order valence-corrected chi connectivity index (χ3v) is 5.42. The van der Waals surface area contributed by atoms with Crippen molar-refractivity contribution in [2.24, 2.45) is 0 Å². The van der Waals surface area contributed by atoms with E-state index in [1.807, 2.05) is 0 Å². The highest BCUT2D eigenvalue weighted by molar-refractivity contribution is 7.91. The van der Waals surface area contributed by atoms with Crippen molar-refractivity contribution in [3.8, 4) is 0 Å². The van der Waals surface area contributed by atoms with Crippen LogP contribution in [-0.4, -0.2) is 31.8 Å². The molecule has 2 amide bonds. The molecule has 2 N–H and O–H groups in total. The minimum absolute atomic E-state index is 0.0645. The molecular formula is C20H20N2O6S. The molecule has 0 spiro atoms. The molecule has 0 aliphatic rings. The van der Waals surface area contributed by atoms with Crippen molar-refractivity contribution < 1.29 is 27.6 Å². The Kier molecular flexibility index (Phi) is 7.00. The molecule has 2 aromatic rings. The van der Waals surface area contributed by atoms with Crippen LogP contribution in [0.3, 0.4) is 0 Å². The van der Waals surface area contributed by atoms with Crippen molar-refractivity contribution in [3.05, 3.63) is 48.5 Å². The first-order chi connectivity index (χ1) is 13.6. The van der Waals surface area contributed by atoms with Gasteiger partial charge in [-0.1, -0.05) is 12.1 Å². The fourth-order valence-electron chi connectivity index (χ4n) is 2.48.